The van der Waals surface area contributed by atoms with Crippen molar-refractivity contribution in [3.8, 4) is 5.75 Å². The molecule has 1 heterocycles. The quantitative estimate of drug-likeness (QED) is 0.605. The molecule has 10 heteroatoms. The van der Waals surface area contributed by atoms with E-state index >= 15 is 0 Å². The molecule has 0 aliphatic rings. The Hall–Kier alpha value is -2.88. The summed E-state index contributed by atoms with van der Waals surface area (Å²) >= 11 is 3.06. The van der Waals surface area contributed by atoms with Crippen LogP contribution in [0.5, 0.6) is 5.75 Å². The van der Waals surface area contributed by atoms with E-state index in [0.717, 1.165) is 0 Å². The highest BCUT2D eigenvalue weighted by molar-refractivity contribution is 9.10. The van der Waals surface area contributed by atoms with E-state index in [2.05, 4.69) is 32.1 Å². The van der Waals surface area contributed by atoms with E-state index < -0.39 is 29.6 Å². The Morgan fingerprint density at radius 3 is 2.46 bits per heavy atom. The standard InChI is InChI=1S/C16H15BrFN3O5/c1-9(25-11-4-2-10(18)3-5-11)15(23)21-20-14(22)8-19-16(24)12-6-7-13(17)26-12/h2-7,9H,8H2,1H3,(H,19,24)(H,20,22)(H,21,23). The summed E-state index contributed by atoms with van der Waals surface area (Å²) in [6.07, 6.45) is -0.934. The number of carbonyl (C=O) groups excluding carboxylic acids is 3. The number of nitrogens with one attached hydrogen (secondary N) is 3. The predicted molar refractivity (Wildman–Crippen MR) is 91.5 cm³/mol. The van der Waals surface area contributed by atoms with Crippen LogP contribution in [0.25, 0.3) is 0 Å². The fourth-order valence-corrected chi connectivity index (χ4v) is 2.04. The van der Waals surface area contributed by atoms with Crippen molar-refractivity contribution in [2.75, 3.05) is 6.54 Å². The van der Waals surface area contributed by atoms with Crippen LogP contribution in [0.1, 0.15) is 17.5 Å². The van der Waals surface area contributed by atoms with Gasteiger partial charge in [-0.25, -0.2) is 4.39 Å². The molecule has 0 fully saturated rings. The van der Waals surface area contributed by atoms with Crippen molar-refractivity contribution in [2.24, 2.45) is 0 Å². The minimum atomic E-state index is -0.934. The van der Waals surface area contributed by atoms with Gasteiger partial charge in [-0.05, 0) is 59.3 Å². The Balaban J connectivity index is 1.71. The van der Waals surface area contributed by atoms with Gasteiger partial charge in [-0.2, -0.15) is 0 Å². The molecule has 0 saturated heterocycles. The van der Waals surface area contributed by atoms with Crippen molar-refractivity contribution in [2.45, 2.75) is 13.0 Å². The Kier molecular flexibility index (Phi) is 6.73. The van der Waals surface area contributed by atoms with Crippen LogP contribution in [0.4, 0.5) is 4.39 Å². The fraction of sp³-hybridized carbons (Fsp3) is 0.188. The second kappa shape index (κ2) is 8.99. The highest BCUT2D eigenvalue weighted by Gasteiger charge is 2.16. The normalized spacial score (nSPS) is 11.3. The topological polar surface area (TPSA) is 110 Å². The Morgan fingerprint density at radius 1 is 1.15 bits per heavy atom. The summed E-state index contributed by atoms with van der Waals surface area (Å²) < 4.78 is 23.5. The molecular formula is C16H15BrFN3O5. The third kappa shape index (κ3) is 5.88. The van der Waals surface area contributed by atoms with E-state index in [9.17, 15) is 18.8 Å². The van der Waals surface area contributed by atoms with Gasteiger partial charge in [-0.1, -0.05) is 0 Å². The van der Waals surface area contributed by atoms with Crippen molar-refractivity contribution < 1.29 is 27.9 Å². The molecule has 1 aromatic heterocycles. The fourth-order valence-electron chi connectivity index (χ4n) is 1.73. The van der Waals surface area contributed by atoms with Crippen LogP contribution in [0.3, 0.4) is 0 Å². The molecule has 1 atom stereocenters. The summed E-state index contributed by atoms with van der Waals surface area (Å²) in [7, 11) is 0. The SMILES string of the molecule is CC(Oc1ccc(F)cc1)C(=O)NNC(=O)CNC(=O)c1ccc(Br)o1. The highest BCUT2D eigenvalue weighted by atomic mass is 79.9. The van der Waals surface area contributed by atoms with E-state index in [1.165, 1.54) is 43.3 Å². The van der Waals surface area contributed by atoms with Crippen LogP contribution < -0.4 is 20.9 Å². The van der Waals surface area contributed by atoms with Crippen LogP contribution in [-0.4, -0.2) is 30.4 Å². The van der Waals surface area contributed by atoms with Crippen LogP contribution in [0, 0.1) is 5.82 Å². The number of hydrazine groups is 1. The van der Waals surface area contributed by atoms with Gasteiger partial charge in [-0.15, -0.1) is 0 Å². The van der Waals surface area contributed by atoms with Crippen LogP contribution >= 0.6 is 15.9 Å². The van der Waals surface area contributed by atoms with Crippen LogP contribution in [0.2, 0.25) is 0 Å². The maximum atomic E-state index is 12.8. The van der Waals surface area contributed by atoms with Crippen molar-refractivity contribution in [1.82, 2.24) is 16.2 Å². The average molecular weight is 428 g/mol. The lowest BCUT2D eigenvalue weighted by molar-refractivity contribution is -0.132. The predicted octanol–water partition coefficient (Wildman–Crippen LogP) is 1.53. The van der Waals surface area contributed by atoms with Gasteiger partial charge >= 0.3 is 0 Å². The number of carbonyl (C=O) groups is 3. The summed E-state index contributed by atoms with van der Waals surface area (Å²) in [4.78, 5) is 35.2. The first-order valence-electron chi connectivity index (χ1n) is 7.39. The summed E-state index contributed by atoms with van der Waals surface area (Å²) in [6, 6.07) is 8.12. The second-order valence-electron chi connectivity index (χ2n) is 5.04. The first kappa shape index (κ1) is 19.4. The summed E-state index contributed by atoms with van der Waals surface area (Å²) in [6.45, 7) is 1.09. The molecule has 0 saturated carbocycles. The van der Waals surface area contributed by atoms with Crippen molar-refractivity contribution in [3.05, 3.63) is 52.6 Å². The molecule has 3 amide bonds. The molecule has 3 N–H and O–H groups in total. The Bertz CT molecular complexity index is 793. The van der Waals surface area contributed by atoms with Crippen LogP contribution in [0.15, 0.2) is 45.5 Å². The molecule has 0 aliphatic carbocycles. The lowest BCUT2D eigenvalue weighted by Gasteiger charge is -2.15. The number of amides is 3. The van der Waals surface area contributed by atoms with E-state index in [0.29, 0.717) is 10.4 Å². The molecule has 0 spiro atoms. The monoisotopic (exact) mass is 427 g/mol. The van der Waals surface area contributed by atoms with E-state index in [-0.39, 0.29) is 12.3 Å². The summed E-state index contributed by atoms with van der Waals surface area (Å²) in [5.41, 5.74) is 4.30. The zero-order valence-corrected chi connectivity index (χ0v) is 15.1. The van der Waals surface area contributed by atoms with Gasteiger partial charge < -0.3 is 14.5 Å². The average Bonchev–Trinajstić information content (AvgIpc) is 3.06. The number of hydrogen-bond donors (Lipinski definition) is 3. The molecule has 8 nitrogen and oxygen atoms in total. The van der Waals surface area contributed by atoms with Crippen molar-refractivity contribution >= 4 is 33.7 Å². The van der Waals surface area contributed by atoms with E-state index in [1.54, 1.807) is 0 Å². The lowest BCUT2D eigenvalue weighted by Crippen LogP contribution is -2.50. The van der Waals surface area contributed by atoms with E-state index in [4.69, 9.17) is 9.15 Å². The van der Waals surface area contributed by atoms with Gasteiger partial charge in [0.15, 0.2) is 16.5 Å². The molecule has 0 aliphatic heterocycles. The number of hydrogen-bond acceptors (Lipinski definition) is 5. The molecule has 2 aromatic rings. The molecule has 1 unspecified atom stereocenters. The molecule has 26 heavy (non-hydrogen) atoms. The molecule has 138 valence electrons. The van der Waals surface area contributed by atoms with Gasteiger partial charge in [0.1, 0.15) is 11.6 Å². The van der Waals surface area contributed by atoms with Gasteiger partial charge in [0.05, 0.1) is 6.54 Å². The molecular weight excluding hydrogens is 413 g/mol. The molecule has 0 radical (unpaired) electrons. The van der Waals surface area contributed by atoms with Gasteiger partial charge in [0.25, 0.3) is 17.7 Å². The number of halogens is 2. The molecule has 2 rings (SSSR count). The lowest BCUT2D eigenvalue weighted by atomic mass is 10.3. The summed E-state index contributed by atoms with van der Waals surface area (Å²) in [5.74, 6) is -1.93. The van der Waals surface area contributed by atoms with Crippen molar-refractivity contribution in [1.29, 1.82) is 0 Å². The van der Waals surface area contributed by atoms with E-state index in [1.807, 2.05) is 0 Å². The number of benzene rings is 1. The van der Waals surface area contributed by atoms with Crippen molar-refractivity contribution in [3.63, 3.8) is 0 Å². The zero-order chi connectivity index (χ0) is 19.1. The van der Waals surface area contributed by atoms with Crippen LogP contribution in [-0.2, 0) is 9.59 Å². The maximum absolute atomic E-state index is 12.8. The summed E-state index contributed by atoms with van der Waals surface area (Å²) in [5, 5.41) is 2.33. The number of rotatable bonds is 6. The number of ether oxygens (including phenoxy) is 1. The highest BCUT2D eigenvalue weighted by Crippen LogP contribution is 2.14. The first-order chi connectivity index (χ1) is 12.3. The van der Waals surface area contributed by atoms with Gasteiger partial charge in [-0.3, -0.25) is 25.2 Å². The molecule has 0 bridgehead atoms. The smallest absolute Gasteiger partial charge is 0.287 e. The van der Waals surface area contributed by atoms with Gasteiger partial charge in [0, 0.05) is 0 Å². The molecule has 1 aromatic carbocycles. The third-order valence-electron chi connectivity index (χ3n) is 3.03. The third-order valence-corrected chi connectivity index (χ3v) is 3.45. The second-order valence-corrected chi connectivity index (χ2v) is 5.82. The Morgan fingerprint density at radius 2 is 1.85 bits per heavy atom. The number of furan rings is 1. The Labute approximate surface area is 156 Å². The largest absolute Gasteiger partial charge is 0.481 e. The first-order valence-corrected chi connectivity index (χ1v) is 8.19. The maximum Gasteiger partial charge on any atom is 0.287 e. The minimum absolute atomic E-state index is 0.0371. The zero-order valence-electron chi connectivity index (χ0n) is 13.5. The van der Waals surface area contributed by atoms with Gasteiger partial charge in [0.2, 0.25) is 0 Å². The minimum Gasteiger partial charge on any atom is -0.481 e.